The van der Waals surface area contributed by atoms with E-state index in [-0.39, 0.29) is 0 Å². The topological polar surface area (TPSA) is 68.2 Å². The Hall–Kier alpha value is -2.27. The first-order chi connectivity index (χ1) is 12.7. The maximum Gasteiger partial charge on any atom is 0.0352 e. The normalized spacial score (nSPS) is 16.2. The summed E-state index contributed by atoms with van der Waals surface area (Å²) in [5, 5.41) is 2.42. The predicted molar refractivity (Wildman–Crippen MR) is 108 cm³/mol. The van der Waals surface area contributed by atoms with E-state index in [1.54, 1.807) is 0 Å². The van der Waals surface area contributed by atoms with Gasteiger partial charge in [0.05, 0.1) is 0 Å². The molecular weight excluding hydrogens is 320 g/mol. The number of likely N-dealkylation sites (tertiary alicyclic amines) is 1. The summed E-state index contributed by atoms with van der Waals surface area (Å²) in [5.41, 5.74) is 16.7. The average molecular weight is 346 g/mol. The maximum absolute atomic E-state index is 6.03. The lowest BCUT2D eigenvalue weighted by Gasteiger charge is -2.30. The van der Waals surface area contributed by atoms with Crippen molar-refractivity contribution < 1.29 is 0 Å². The smallest absolute Gasteiger partial charge is 0.0352 e. The Morgan fingerprint density at radius 2 is 1.85 bits per heavy atom. The van der Waals surface area contributed by atoms with Crippen LogP contribution in [0.15, 0.2) is 54.9 Å². The fraction of sp³-hybridized carbons (Fsp3) is 0.318. The predicted octanol–water partition coefficient (Wildman–Crippen LogP) is 3.28. The molecule has 0 aliphatic carbocycles. The number of fused-ring (bicyclic) bond motifs is 1. The Kier molecular flexibility index (Phi) is 4.98. The SMILES string of the molecule is NCc1cccc(-c2cncc3ccc(CN4CCC(N)CC4)cc23)c1. The fourth-order valence-electron chi connectivity index (χ4n) is 3.77. The van der Waals surface area contributed by atoms with Crippen LogP contribution in [0.2, 0.25) is 0 Å². The number of pyridine rings is 1. The maximum atomic E-state index is 6.03. The van der Waals surface area contributed by atoms with Crippen LogP contribution in [0.1, 0.15) is 24.0 Å². The van der Waals surface area contributed by atoms with Crippen LogP contribution in [0.5, 0.6) is 0 Å². The minimum atomic E-state index is 0.371. The van der Waals surface area contributed by atoms with E-state index < -0.39 is 0 Å². The summed E-state index contributed by atoms with van der Waals surface area (Å²) in [5.74, 6) is 0. The molecule has 4 nitrogen and oxygen atoms in total. The number of hydrogen-bond acceptors (Lipinski definition) is 4. The number of hydrogen-bond donors (Lipinski definition) is 2. The largest absolute Gasteiger partial charge is 0.328 e. The molecule has 0 amide bonds. The van der Waals surface area contributed by atoms with Gasteiger partial charge in [0.1, 0.15) is 0 Å². The van der Waals surface area contributed by atoms with Gasteiger partial charge >= 0.3 is 0 Å². The van der Waals surface area contributed by atoms with Gasteiger partial charge in [0.25, 0.3) is 0 Å². The van der Waals surface area contributed by atoms with Crippen molar-refractivity contribution in [1.82, 2.24) is 9.88 Å². The number of benzene rings is 2. The molecule has 4 N–H and O–H groups in total. The van der Waals surface area contributed by atoms with Gasteiger partial charge < -0.3 is 11.5 Å². The van der Waals surface area contributed by atoms with E-state index in [1.807, 2.05) is 12.4 Å². The van der Waals surface area contributed by atoms with Gasteiger partial charge in [0.2, 0.25) is 0 Å². The highest BCUT2D eigenvalue weighted by Crippen LogP contribution is 2.29. The first-order valence-corrected chi connectivity index (χ1v) is 9.37. The number of piperidine rings is 1. The van der Waals surface area contributed by atoms with Crippen LogP contribution in [-0.2, 0) is 13.1 Å². The molecule has 1 fully saturated rings. The third-order valence-corrected chi connectivity index (χ3v) is 5.34. The fourth-order valence-corrected chi connectivity index (χ4v) is 3.77. The molecule has 134 valence electrons. The summed E-state index contributed by atoms with van der Waals surface area (Å²) in [4.78, 5) is 6.94. The highest BCUT2D eigenvalue weighted by Gasteiger charge is 2.16. The Morgan fingerprint density at radius 1 is 1.00 bits per heavy atom. The van der Waals surface area contributed by atoms with Crippen molar-refractivity contribution in [1.29, 1.82) is 0 Å². The molecule has 0 unspecified atom stereocenters. The number of nitrogens with two attached hydrogens (primary N) is 2. The molecule has 4 heteroatoms. The van der Waals surface area contributed by atoms with E-state index in [0.29, 0.717) is 12.6 Å². The highest BCUT2D eigenvalue weighted by atomic mass is 15.1. The van der Waals surface area contributed by atoms with Crippen LogP contribution < -0.4 is 11.5 Å². The van der Waals surface area contributed by atoms with Gasteiger partial charge in [-0.05, 0) is 60.1 Å². The van der Waals surface area contributed by atoms with Crippen molar-refractivity contribution in [3.8, 4) is 11.1 Å². The minimum Gasteiger partial charge on any atom is -0.328 e. The first kappa shape index (κ1) is 17.2. The Morgan fingerprint density at radius 3 is 2.65 bits per heavy atom. The molecule has 2 aromatic carbocycles. The van der Waals surface area contributed by atoms with E-state index in [0.717, 1.165) is 38.0 Å². The average Bonchev–Trinajstić information content (AvgIpc) is 2.69. The third-order valence-electron chi connectivity index (χ3n) is 5.34. The van der Waals surface area contributed by atoms with Gasteiger partial charge in [-0.1, -0.05) is 30.3 Å². The zero-order valence-corrected chi connectivity index (χ0v) is 15.1. The zero-order chi connectivity index (χ0) is 17.9. The van der Waals surface area contributed by atoms with Crippen molar-refractivity contribution in [3.05, 3.63) is 66.0 Å². The Bertz CT molecular complexity index is 898. The van der Waals surface area contributed by atoms with E-state index in [2.05, 4.69) is 52.3 Å². The van der Waals surface area contributed by atoms with Crippen molar-refractivity contribution in [2.75, 3.05) is 13.1 Å². The molecule has 2 heterocycles. The Labute approximate surface area is 154 Å². The van der Waals surface area contributed by atoms with Crippen molar-refractivity contribution in [2.24, 2.45) is 11.5 Å². The van der Waals surface area contributed by atoms with Gasteiger partial charge in [0, 0.05) is 42.5 Å². The van der Waals surface area contributed by atoms with E-state index in [4.69, 9.17) is 11.5 Å². The molecule has 0 saturated carbocycles. The summed E-state index contributed by atoms with van der Waals surface area (Å²) in [6.45, 7) is 3.70. The monoisotopic (exact) mass is 346 g/mol. The summed E-state index contributed by atoms with van der Waals surface area (Å²) in [7, 11) is 0. The molecule has 0 radical (unpaired) electrons. The summed E-state index contributed by atoms with van der Waals surface area (Å²) >= 11 is 0. The summed E-state index contributed by atoms with van der Waals surface area (Å²) in [6, 6.07) is 15.5. The molecule has 0 spiro atoms. The molecule has 26 heavy (non-hydrogen) atoms. The van der Waals surface area contributed by atoms with Crippen molar-refractivity contribution >= 4 is 10.8 Å². The van der Waals surface area contributed by atoms with Crippen molar-refractivity contribution in [2.45, 2.75) is 32.0 Å². The van der Waals surface area contributed by atoms with Crippen LogP contribution in [-0.4, -0.2) is 29.0 Å². The van der Waals surface area contributed by atoms with Crippen LogP contribution >= 0.6 is 0 Å². The van der Waals surface area contributed by atoms with Crippen molar-refractivity contribution in [3.63, 3.8) is 0 Å². The second-order valence-corrected chi connectivity index (χ2v) is 7.26. The summed E-state index contributed by atoms with van der Waals surface area (Å²) in [6.07, 6.45) is 6.08. The minimum absolute atomic E-state index is 0.371. The summed E-state index contributed by atoms with van der Waals surface area (Å²) < 4.78 is 0. The molecule has 0 bridgehead atoms. The molecule has 1 aromatic heterocycles. The molecule has 0 atom stereocenters. The quantitative estimate of drug-likeness (QED) is 0.761. The standard InChI is InChI=1S/C22H26N4/c23-12-16-2-1-3-18(10-16)22-14-25-13-19-5-4-17(11-21(19)22)15-26-8-6-20(24)7-9-26/h1-5,10-11,13-14,20H,6-9,12,15,23-24H2. The lowest BCUT2D eigenvalue weighted by atomic mass is 9.97. The van der Waals surface area contributed by atoms with Gasteiger partial charge in [0.15, 0.2) is 0 Å². The van der Waals surface area contributed by atoms with Crippen LogP contribution in [0.4, 0.5) is 0 Å². The van der Waals surface area contributed by atoms with Crippen LogP contribution in [0, 0.1) is 0 Å². The van der Waals surface area contributed by atoms with Crippen LogP contribution in [0.3, 0.4) is 0 Å². The van der Waals surface area contributed by atoms with Gasteiger partial charge in [-0.2, -0.15) is 0 Å². The molecule has 1 saturated heterocycles. The molecular formula is C22H26N4. The number of rotatable bonds is 4. The van der Waals surface area contributed by atoms with Gasteiger partial charge in [-0.3, -0.25) is 9.88 Å². The zero-order valence-electron chi connectivity index (χ0n) is 15.1. The molecule has 1 aliphatic heterocycles. The van der Waals surface area contributed by atoms with Gasteiger partial charge in [-0.15, -0.1) is 0 Å². The first-order valence-electron chi connectivity index (χ1n) is 9.37. The molecule has 1 aliphatic rings. The highest BCUT2D eigenvalue weighted by molar-refractivity contribution is 5.96. The van der Waals surface area contributed by atoms with E-state index in [9.17, 15) is 0 Å². The van der Waals surface area contributed by atoms with Crippen LogP contribution in [0.25, 0.3) is 21.9 Å². The number of aromatic nitrogens is 1. The van der Waals surface area contributed by atoms with Gasteiger partial charge in [-0.25, -0.2) is 0 Å². The molecule has 3 aromatic rings. The lowest BCUT2D eigenvalue weighted by Crippen LogP contribution is -2.39. The third kappa shape index (κ3) is 3.63. The second kappa shape index (κ2) is 7.54. The lowest BCUT2D eigenvalue weighted by molar-refractivity contribution is 0.206. The molecule has 4 rings (SSSR count). The Balaban J connectivity index is 1.68. The number of nitrogens with zero attached hydrogens (tertiary/aromatic N) is 2. The second-order valence-electron chi connectivity index (χ2n) is 7.26. The van der Waals surface area contributed by atoms with E-state index >= 15 is 0 Å². The van der Waals surface area contributed by atoms with E-state index in [1.165, 1.54) is 27.5 Å².